The van der Waals surface area contributed by atoms with Crippen molar-refractivity contribution in [3.63, 3.8) is 0 Å². The molecule has 0 aliphatic heterocycles. The largest absolute Gasteiger partial charge is 0.497 e. The highest BCUT2D eigenvalue weighted by Gasteiger charge is 2.26. The molecule has 2 aromatic rings. The van der Waals surface area contributed by atoms with Gasteiger partial charge in [-0.05, 0) is 48.2 Å². The molecule has 6 heteroatoms. The van der Waals surface area contributed by atoms with Crippen molar-refractivity contribution in [3.05, 3.63) is 64.7 Å². The van der Waals surface area contributed by atoms with Crippen molar-refractivity contribution in [3.8, 4) is 5.75 Å². The summed E-state index contributed by atoms with van der Waals surface area (Å²) in [6.45, 7) is 6.74. The zero-order chi connectivity index (χ0) is 21.4. The van der Waals surface area contributed by atoms with Gasteiger partial charge in [-0.1, -0.05) is 49.7 Å². The number of nitrogens with one attached hydrogen (secondary N) is 1. The van der Waals surface area contributed by atoms with Crippen molar-refractivity contribution in [2.75, 3.05) is 13.7 Å². The molecule has 2 rings (SSSR count). The fourth-order valence-electron chi connectivity index (χ4n) is 2.84. The lowest BCUT2D eigenvalue weighted by atomic mass is 10.1. The molecule has 0 aromatic heterocycles. The Balaban J connectivity index is 2.18. The van der Waals surface area contributed by atoms with Crippen molar-refractivity contribution >= 4 is 23.4 Å². The standard InChI is InChI=1S/C23H29ClN2O3/c1-16(2)14-25-23(28)17(3)26(15-19-7-11-21(29-4)12-8-19)22(27)13-18-5-9-20(24)10-6-18/h5-12,16-17H,13-15H2,1-4H3,(H,25,28)/t17-/m0/s1. The molecule has 156 valence electrons. The zero-order valence-corrected chi connectivity index (χ0v) is 18.2. The average molecular weight is 417 g/mol. The number of carbonyl (C=O) groups excluding carboxylic acids is 2. The number of halogens is 1. The molecule has 2 amide bonds. The van der Waals surface area contributed by atoms with Gasteiger partial charge in [0.05, 0.1) is 13.5 Å². The van der Waals surface area contributed by atoms with Crippen LogP contribution in [0.15, 0.2) is 48.5 Å². The summed E-state index contributed by atoms with van der Waals surface area (Å²) in [5, 5.41) is 3.55. The van der Waals surface area contributed by atoms with Crippen LogP contribution in [0.5, 0.6) is 5.75 Å². The Bertz CT molecular complexity index is 804. The normalized spacial score (nSPS) is 11.8. The first-order valence-corrected chi connectivity index (χ1v) is 10.1. The first kappa shape index (κ1) is 22.8. The van der Waals surface area contributed by atoms with E-state index in [1.54, 1.807) is 31.1 Å². The third-order valence-electron chi connectivity index (χ3n) is 4.63. The monoisotopic (exact) mass is 416 g/mol. The number of benzene rings is 2. The first-order valence-electron chi connectivity index (χ1n) is 9.74. The lowest BCUT2D eigenvalue weighted by molar-refractivity contribution is -0.140. The summed E-state index contributed by atoms with van der Waals surface area (Å²) >= 11 is 5.94. The SMILES string of the molecule is COc1ccc(CN(C(=O)Cc2ccc(Cl)cc2)[C@@H](C)C(=O)NCC(C)C)cc1. The minimum absolute atomic E-state index is 0.115. The van der Waals surface area contributed by atoms with E-state index in [9.17, 15) is 9.59 Å². The molecular formula is C23H29ClN2O3. The maximum absolute atomic E-state index is 13.1. The van der Waals surface area contributed by atoms with Crippen LogP contribution in [0.1, 0.15) is 31.9 Å². The Hall–Kier alpha value is -2.53. The molecule has 0 heterocycles. The maximum atomic E-state index is 13.1. The zero-order valence-electron chi connectivity index (χ0n) is 17.4. The average Bonchev–Trinajstić information content (AvgIpc) is 2.71. The minimum Gasteiger partial charge on any atom is -0.497 e. The van der Waals surface area contributed by atoms with Crippen molar-refractivity contribution < 1.29 is 14.3 Å². The van der Waals surface area contributed by atoms with Crippen LogP contribution in [-0.4, -0.2) is 36.4 Å². The molecule has 0 radical (unpaired) electrons. The van der Waals surface area contributed by atoms with E-state index >= 15 is 0 Å². The first-order chi connectivity index (χ1) is 13.8. The minimum atomic E-state index is -0.587. The predicted octanol–water partition coefficient (Wildman–Crippen LogP) is 4.08. The third-order valence-corrected chi connectivity index (χ3v) is 4.88. The number of amides is 2. The van der Waals surface area contributed by atoms with E-state index in [1.807, 2.05) is 50.2 Å². The van der Waals surface area contributed by atoms with Crippen LogP contribution in [0, 0.1) is 5.92 Å². The topological polar surface area (TPSA) is 58.6 Å². The highest BCUT2D eigenvalue weighted by atomic mass is 35.5. The lowest BCUT2D eigenvalue weighted by Gasteiger charge is -2.29. The molecule has 0 unspecified atom stereocenters. The second-order valence-corrected chi connectivity index (χ2v) is 7.92. The van der Waals surface area contributed by atoms with E-state index in [2.05, 4.69) is 5.32 Å². The molecule has 0 saturated carbocycles. The van der Waals surface area contributed by atoms with Crippen LogP contribution < -0.4 is 10.1 Å². The Kier molecular flexibility index (Phi) is 8.52. The van der Waals surface area contributed by atoms with E-state index in [1.165, 1.54) is 0 Å². The summed E-state index contributed by atoms with van der Waals surface area (Å²) in [6.07, 6.45) is 0.203. The van der Waals surface area contributed by atoms with Crippen molar-refractivity contribution in [1.29, 1.82) is 0 Å². The molecule has 0 aliphatic carbocycles. The van der Waals surface area contributed by atoms with Gasteiger partial charge in [-0.25, -0.2) is 0 Å². The lowest BCUT2D eigenvalue weighted by Crippen LogP contribution is -2.48. The summed E-state index contributed by atoms with van der Waals surface area (Å²) in [7, 11) is 1.61. The van der Waals surface area contributed by atoms with Crippen LogP contribution >= 0.6 is 11.6 Å². The summed E-state index contributed by atoms with van der Waals surface area (Å²) in [6, 6.07) is 14.1. The highest BCUT2D eigenvalue weighted by Crippen LogP contribution is 2.17. The molecular weight excluding hydrogens is 388 g/mol. The molecule has 5 nitrogen and oxygen atoms in total. The molecule has 0 fully saturated rings. The van der Waals surface area contributed by atoms with Crippen LogP contribution in [-0.2, 0) is 22.6 Å². The molecule has 0 saturated heterocycles. The number of hydrogen-bond acceptors (Lipinski definition) is 3. The van der Waals surface area contributed by atoms with E-state index in [0.717, 1.165) is 16.9 Å². The van der Waals surface area contributed by atoms with Gasteiger partial charge in [0.2, 0.25) is 11.8 Å². The number of hydrogen-bond donors (Lipinski definition) is 1. The van der Waals surface area contributed by atoms with E-state index in [0.29, 0.717) is 24.0 Å². The number of rotatable bonds is 9. The van der Waals surface area contributed by atoms with Gasteiger partial charge in [-0.3, -0.25) is 9.59 Å². The van der Waals surface area contributed by atoms with Gasteiger partial charge in [0.25, 0.3) is 0 Å². The van der Waals surface area contributed by atoms with Crippen molar-refractivity contribution in [2.45, 2.75) is 39.8 Å². The molecule has 1 atom stereocenters. The van der Waals surface area contributed by atoms with Gasteiger partial charge >= 0.3 is 0 Å². The summed E-state index contributed by atoms with van der Waals surface area (Å²) in [5.74, 6) is 0.813. The van der Waals surface area contributed by atoms with Gasteiger partial charge in [0, 0.05) is 18.1 Å². The van der Waals surface area contributed by atoms with Gasteiger partial charge in [0.1, 0.15) is 11.8 Å². The van der Waals surface area contributed by atoms with Gasteiger partial charge < -0.3 is 15.0 Å². The highest BCUT2D eigenvalue weighted by molar-refractivity contribution is 6.30. The smallest absolute Gasteiger partial charge is 0.242 e. The molecule has 1 N–H and O–H groups in total. The Morgan fingerprint density at radius 1 is 1.00 bits per heavy atom. The Morgan fingerprint density at radius 2 is 1.59 bits per heavy atom. The predicted molar refractivity (Wildman–Crippen MR) is 116 cm³/mol. The quantitative estimate of drug-likeness (QED) is 0.670. The summed E-state index contributed by atoms with van der Waals surface area (Å²) in [4.78, 5) is 27.4. The number of methoxy groups -OCH3 is 1. The van der Waals surface area contributed by atoms with Crippen LogP contribution in [0.25, 0.3) is 0 Å². The second kappa shape index (κ2) is 10.9. The number of carbonyl (C=O) groups is 2. The number of nitrogens with zero attached hydrogens (tertiary/aromatic N) is 1. The fourth-order valence-corrected chi connectivity index (χ4v) is 2.97. The second-order valence-electron chi connectivity index (χ2n) is 7.49. The summed E-state index contributed by atoms with van der Waals surface area (Å²) in [5.41, 5.74) is 1.78. The van der Waals surface area contributed by atoms with Crippen LogP contribution in [0.2, 0.25) is 5.02 Å². The van der Waals surface area contributed by atoms with E-state index in [-0.39, 0.29) is 18.2 Å². The Morgan fingerprint density at radius 3 is 2.14 bits per heavy atom. The van der Waals surface area contributed by atoms with Crippen molar-refractivity contribution in [1.82, 2.24) is 10.2 Å². The van der Waals surface area contributed by atoms with Gasteiger partial charge in [0.15, 0.2) is 0 Å². The van der Waals surface area contributed by atoms with E-state index < -0.39 is 6.04 Å². The van der Waals surface area contributed by atoms with Crippen LogP contribution in [0.3, 0.4) is 0 Å². The molecule has 0 bridgehead atoms. The Labute approximate surface area is 178 Å². The number of ether oxygens (including phenoxy) is 1. The molecule has 0 spiro atoms. The fraction of sp³-hybridized carbons (Fsp3) is 0.391. The van der Waals surface area contributed by atoms with E-state index in [4.69, 9.17) is 16.3 Å². The van der Waals surface area contributed by atoms with Gasteiger partial charge in [-0.15, -0.1) is 0 Å². The third kappa shape index (κ3) is 7.09. The maximum Gasteiger partial charge on any atom is 0.242 e. The van der Waals surface area contributed by atoms with Gasteiger partial charge in [-0.2, -0.15) is 0 Å². The van der Waals surface area contributed by atoms with Crippen molar-refractivity contribution in [2.24, 2.45) is 5.92 Å². The molecule has 2 aromatic carbocycles. The molecule has 0 aliphatic rings. The van der Waals surface area contributed by atoms with Crippen LogP contribution in [0.4, 0.5) is 0 Å². The summed E-state index contributed by atoms with van der Waals surface area (Å²) < 4.78 is 5.19. The molecule has 29 heavy (non-hydrogen) atoms.